The standard InChI is InChI=1S/C14H11ClFNO2/c1-19-11-3-5-14(18)9(6-11)8-17-13-4-2-10(15)7-12(13)16/h2-8,18H,1H3. The largest absolute Gasteiger partial charge is 0.507 e. The van der Waals surface area contributed by atoms with Gasteiger partial charge in [-0.1, -0.05) is 11.6 Å². The van der Waals surface area contributed by atoms with E-state index in [0.29, 0.717) is 16.3 Å². The highest BCUT2D eigenvalue weighted by atomic mass is 35.5. The molecule has 0 radical (unpaired) electrons. The summed E-state index contributed by atoms with van der Waals surface area (Å²) in [6.07, 6.45) is 1.37. The smallest absolute Gasteiger partial charge is 0.150 e. The van der Waals surface area contributed by atoms with E-state index >= 15 is 0 Å². The second kappa shape index (κ2) is 5.71. The summed E-state index contributed by atoms with van der Waals surface area (Å²) in [5, 5.41) is 9.97. The molecule has 98 valence electrons. The molecule has 0 aliphatic heterocycles. The first kappa shape index (κ1) is 13.4. The molecule has 5 heteroatoms. The Hall–Kier alpha value is -2.07. The van der Waals surface area contributed by atoms with Crippen molar-refractivity contribution in [2.24, 2.45) is 4.99 Å². The third kappa shape index (κ3) is 3.23. The molecule has 2 aromatic rings. The molecule has 0 aliphatic rings. The summed E-state index contributed by atoms with van der Waals surface area (Å²) in [6, 6.07) is 8.90. The number of aliphatic imine (C=N–C) groups is 1. The van der Waals surface area contributed by atoms with Crippen LogP contribution in [-0.2, 0) is 0 Å². The topological polar surface area (TPSA) is 41.8 Å². The van der Waals surface area contributed by atoms with E-state index in [2.05, 4.69) is 4.99 Å². The maximum Gasteiger partial charge on any atom is 0.150 e. The molecule has 0 unspecified atom stereocenters. The Balaban J connectivity index is 2.32. The van der Waals surface area contributed by atoms with Crippen LogP contribution in [0.1, 0.15) is 5.56 Å². The zero-order chi connectivity index (χ0) is 13.8. The molecule has 0 atom stereocenters. The zero-order valence-electron chi connectivity index (χ0n) is 10.1. The van der Waals surface area contributed by atoms with Crippen LogP contribution >= 0.6 is 11.6 Å². The minimum atomic E-state index is -0.522. The van der Waals surface area contributed by atoms with Crippen LogP contribution in [-0.4, -0.2) is 18.4 Å². The fraction of sp³-hybridized carbons (Fsp3) is 0.0714. The number of hydrogen-bond donors (Lipinski definition) is 1. The van der Waals surface area contributed by atoms with Crippen LogP contribution < -0.4 is 4.74 Å². The number of nitrogens with zero attached hydrogens (tertiary/aromatic N) is 1. The van der Waals surface area contributed by atoms with E-state index in [9.17, 15) is 9.50 Å². The number of hydrogen-bond acceptors (Lipinski definition) is 3. The minimum Gasteiger partial charge on any atom is -0.507 e. The van der Waals surface area contributed by atoms with Crippen molar-refractivity contribution in [3.63, 3.8) is 0 Å². The number of phenols is 1. The maximum atomic E-state index is 13.5. The van der Waals surface area contributed by atoms with Gasteiger partial charge in [0.2, 0.25) is 0 Å². The minimum absolute atomic E-state index is 0.0407. The first-order valence-electron chi connectivity index (χ1n) is 5.46. The molecule has 0 saturated heterocycles. The van der Waals surface area contributed by atoms with Crippen molar-refractivity contribution in [3.8, 4) is 11.5 Å². The number of methoxy groups -OCH3 is 1. The first-order chi connectivity index (χ1) is 9.10. The number of ether oxygens (including phenoxy) is 1. The third-order valence-corrected chi connectivity index (χ3v) is 2.72. The summed E-state index contributed by atoms with van der Waals surface area (Å²) >= 11 is 5.65. The molecule has 0 bridgehead atoms. The van der Waals surface area contributed by atoms with Crippen LogP contribution in [0.3, 0.4) is 0 Å². The summed E-state index contributed by atoms with van der Waals surface area (Å²) in [6.45, 7) is 0. The molecule has 0 heterocycles. The first-order valence-corrected chi connectivity index (χ1v) is 5.84. The normalized spacial score (nSPS) is 10.9. The van der Waals surface area contributed by atoms with Gasteiger partial charge >= 0.3 is 0 Å². The molecule has 19 heavy (non-hydrogen) atoms. The second-order valence-electron chi connectivity index (χ2n) is 3.78. The molecule has 0 amide bonds. The van der Waals surface area contributed by atoms with Crippen molar-refractivity contribution in [1.82, 2.24) is 0 Å². The highest BCUT2D eigenvalue weighted by Crippen LogP contribution is 2.24. The van der Waals surface area contributed by atoms with E-state index in [1.807, 2.05) is 0 Å². The van der Waals surface area contributed by atoms with Gasteiger partial charge in [-0.2, -0.15) is 0 Å². The lowest BCUT2D eigenvalue weighted by molar-refractivity contribution is 0.412. The van der Waals surface area contributed by atoms with Gasteiger partial charge in [0.1, 0.15) is 17.3 Å². The van der Waals surface area contributed by atoms with Crippen LogP contribution in [0.5, 0.6) is 11.5 Å². The van der Waals surface area contributed by atoms with Crippen LogP contribution in [0.25, 0.3) is 0 Å². The van der Waals surface area contributed by atoms with Crippen molar-refractivity contribution in [1.29, 1.82) is 0 Å². The lowest BCUT2D eigenvalue weighted by atomic mass is 10.2. The van der Waals surface area contributed by atoms with E-state index in [1.165, 1.54) is 31.5 Å². The Labute approximate surface area is 114 Å². The summed E-state index contributed by atoms with van der Waals surface area (Å²) in [7, 11) is 1.52. The van der Waals surface area contributed by atoms with Crippen LogP contribution in [0.4, 0.5) is 10.1 Å². The summed E-state index contributed by atoms with van der Waals surface area (Å²) in [5.41, 5.74) is 0.584. The van der Waals surface area contributed by atoms with Crippen molar-refractivity contribution < 1.29 is 14.2 Å². The van der Waals surface area contributed by atoms with Crippen molar-refractivity contribution in [2.45, 2.75) is 0 Å². The van der Waals surface area contributed by atoms with Gasteiger partial charge in [0, 0.05) is 16.8 Å². The third-order valence-electron chi connectivity index (χ3n) is 2.49. The van der Waals surface area contributed by atoms with Crippen molar-refractivity contribution in [3.05, 3.63) is 52.8 Å². The molecular weight excluding hydrogens is 269 g/mol. The van der Waals surface area contributed by atoms with E-state index in [-0.39, 0.29) is 11.4 Å². The van der Waals surface area contributed by atoms with Gasteiger partial charge in [0.15, 0.2) is 0 Å². The molecule has 0 aromatic heterocycles. The molecule has 0 aliphatic carbocycles. The summed E-state index contributed by atoms with van der Waals surface area (Å²) < 4.78 is 18.6. The van der Waals surface area contributed by atoms with Gasteiger partial charge in [-0.25, -0.2) is 4.39 Å². The lowest BCUT2D eigenvalue weighted by Crippen LogP contribution is -1.87. The van der Waals surface area contributed by atoms with Gasteiger partial charge in [-0.3, -0.25) is 4.99 Å². The zero-order valence-corrected chi connectivity index (χ0v) is 10.9. The highest BCUT2D eigenvalue weighted by molar-refractivity contribution is 6.30. The predicted molar refractivity (Wildman–Crippen MR) is 73.3 cm³/mol. The van der Waals surface area contributed by atoms with E-state index in [4.69, 9.17) is 16.3 Å². The summed E-state index contributed by atoms with van der Waals surface area (Å²) in [5.74, 6) is 0.0980. The second-order valence-corrected chi connectivity index (χ2v) is 4.22. The number of benzene rings is 2. The molecule has 3 nitrogen and oxygen atoms in total. The monoisotopic (exact) mass is 279 g/mol. The van der Waals surface area contributed by atoms with Gasteiger partial charge in [0.25, 0.3) is 0 Å². The maximum absolute atomic E-state index is 13.5. The predicted octanol–water partition coefficient (Wildman–Crippen LogP) is 3.94. The molecule has 0 spiro atoms. The molecule has 2 rings (SSSR count). The number of phenolic OH excluding ortho intramolecular Hbond substituents is 1. The number of halogens is 2. The summed E-state index contributed by atoms with van der Waals surface area (Å²) in [4.78, 5) is 3.98. The quantitative estimate of drug-likeness (QED) is 0.865. The van der Waals surface area contributed by atoms with E-state index in [0.717, 1.165) is 0 Å². The molecular formula is C14H11ClFNO2. The fourth-order valence-corrected chi connectivity index (χ4v) is 1.65. The average Bonchev–Trinajstić information content (AvgIpc) is 2.39. The van der Waals surface area contributed by atoms with E-state index in [1.54, 1.807) is 18.2 Å². The van der Waals surface area contributed by atoms with Crippen molar-refractivity contribution in [2.75, 3.05) is 7.11 Å². The van der Waals surface area contributed by atoms with E-state index < -0.39 is 5.82 Å². The van der Waals surface area contributed by atoms with Gasteiger partial charge < -0.3 is 9.84 Å². The van der Waals surface area contributed by atoms with Crippen LogP contribution in [0.2, 0.25) is 5.02 Å². The molecule has 2 aromatic carbocycles. The Bertz CT molecular complexity index is 629. The van der Waals surface area contributed by atoms with Gasteiger partial charge in [-0.15, -0.1) is 0 Å². The van der Waals surface area contributed by atoms with Crippen LogP contribution in [0, 0.1) is 5.82 Å². The SMILES string of the molecule is COc1ccc(O)c(C=Nc2ccc(Cl)cc2F)c1. The molecule has 0 fully saturated rings. The Morgan fingerprint density at radius 3 is 2.74 bits per heavy atom. The fourth-order valence-electron chi connectivity index (χ4n) is 1.49. The van der Waals surface area contributed by atoms with Gasteiger partial charge in [0.05, 0.1) is 12.8 Å². The number of rotatable bonds is 3. The highest BCUT2D eigenvalue weighted by Gasteiger charge is 2.03. The van der Waals surface area contributed by atoms with Gasteiger partial charge in [-0.05, 0) is 36.4 Å². The Morgan fingerprint density at radius 1 is 1.26 bits per heavy atom. The van der Waals surface area contributed by atoms with Crippen molar-refractivity contribution >= 4 is 23.5 Å². The Morgan fingerprint density at radius 2 is 2.05 bits per heavy atom. The average molecular weight is 280 g/mol. The van der Waals surface area contributed by atoms with Crippen LogP contribution in [0.15, 0.2) is 41.4 Å². The molecule has 0 saturated carbocycles. The molecule has 1 N–H and O–H groups in total. The number of aromatic hydroxyl groups is 1. The lowest BCUT2D eigenvalue weighted by Gasteiger charge is -2.03. The Kier molecular flexibility index (Phi) is 4.02.